The number of halogens is 1. The van der Waals surface area contributed by atoms with Crippen LogP contribution >= 0.6 is 12.4 Å². The Hall–Kier alpha value is -1.48. The Morgan fingerprint density at radius 1 is 1.36 bits per heavy atom. The van der Waals surface area contributed by atoms with Crippen LogP contribution in [0.5, 0.6) is 0 Å². The van der Waals surface area contributed by atoms with Crippen LogP contribution in [0.2, 0.25) is 0 Å². The Bertz CT molecular complexity index is 311. The van der Waals surface area contributed by atoms with Crippen LogP contribution in [0.25, 0.3) is 6.08 Å². The van der Waals surface area contributed by atoms with Crippen LogP contribution in [0.4, 0.5) is 4.79 Å². The van der Waals surface area contributed by atoms with Crippen molar-refractivity contribution in [3.05, 3.63) is 42.1 Å². The Morgan fingerprint density at radius 3 is 2.43 bits per heavy atom. The molecule has 2 amide bonds. The molecule has 0 saturated heterocycles. The molecule has 1 aromatic rings. The van der Waals surface area contributed by atoms with Gasteiger partial charge in [-0.2, -0.15) is 0 Å². The molecule has 0 radical (unpaired) electrons. The van der Waals surface area contributed by atoms with Gasteiger partial charge in [0.2, 0.25) is 0 Å². The summed E-state index contributed by atoms with van der Waals surface area (Å²) >= 11 is 0. The summed E-state index contributed by atoms with van der Waals surface area (Å²) in [6.07, 6.45) is 3.46. The van der Waals surface area contributed by atoms with Gasteiger partial charge >= 0.3 is 6.03 Å². The van der Waals surface area contributed by atoms with E-state index in [2.05, 4.69) is 0 Å². The van der Waals surface area contributed by atoms with Gasteiger partial charge in [0.25, 0.3) is 0 Å². The lowest BCUT2D eigenvalue weighted by Gasteiger charge is -2.06. The van der Waals surface area contributed by atoms with Crippen molar-refractivity contribution < 1.29 is 4.79 Å². The van der Waals surface area contributed by atoms with E-state index in [1.165, 1.54) is 4.90 Å². The Kier molecular flexibility index (Phi) is 5.41. The van der Waals surface area contributed by atoms with Gasteiger partial charge in [0.1, 0.15) is 0 Å². The summed E-state index contributed by atoms with van der Waals surface area (Å²) < 4.78 is 0. The highest BCUT2D eigenvalue weighted by molar-refractivity contribution is 5.85. The molecule has 0 saturated carbocycles. The lowest BCUT2D eigenvalue weighted by atomic mass is 10.2. The molecule has 0 spiro atoms. The maximum atomic E-state index is 10.6. The Morgan fingerprint density at radius 2 is 1.93 bits per heavy atom. The standard InChI is InChI=1S/C10H12N2O.ClH/c1-12(10(11)13)8-7-9-5-3-2-4-6-9;/h2-8H,1H3,(H2,11,13);1H. The molecule has 0 aliphatic rings. The van der Waals surface area contributed by atoms with Gasteiger partial charge in [-0.15, -0.1) is 12.4 Å². The molecule has 0 bridgehead atoms. The second-order valence-corrected chi connectivity index (χ2v) is 2.68. The fourth-order valence-electron chi connectivity index (χ4n) is 0.835. The van der Waals surface area contributed by atoms with Crippen LogP contribution in [0, 0.1) is 0 Å². The van der Waals surface area contributed by atoms with E-state index in [0.717, 1.165) is 5.56 Å². The number of primary amides is 1. The number of carbonyl (C=O) groups excluding carboxylic acids is 1. The number of nitrogens with two attached hydrogens (primary N) is 1. The monoisotopic (exact) mass is 212 g/mol. The topological polar surface area (TPSA) is 46.3 Å². The van der Waals surface area contributed by atoms with E-state index >= 15 is 0 Å². The van der Waals surface area contributed by atoms with Gasteiger partial charge < -0.3 is 10.6 Å². The molecule has 1 aromatic carbocycles. The molecule has 2 N–H and O–H groups in total. The fourth-order valence-corrected chi connectivity index (χ4v) is 0.835. The SMILES string of the molecule is CN(C=Cc1ccccc1)C(N)=O.Cl. The predicted molar refractivity (Wildman–Crippen MR) is 60.1 cm³/mol. The number of hydrogen-bond acceptors (Lipinski definition) is 1. The molecule has 3 nitrogen and oxygen atoms in total. The van der Waals surface area contributed by atoms with E-state index in [4.69, 9.17) is 5.73 Å². The molecule has 14 heavy (non-hydrogen) atoms. The van der Waals surface area contributed by atoms with E-state index in [1.54, 1.807) is 13.2 Å². The second kappa shape index (κ2) is 6.05. The predicted octanol–water partition coefficient (Wildman–Crippen LogP) is 2.09. The minimum Gasteiger partial charge on any atom is -0.351 e. The van der Waals surface area contributed by atoms with Crippen LogP contribution in [-0.4, -0.2) is 18.0 Å². The highest BCUT2D eigenvalue weighted by atomic mass is 35.5. The molecule has 0 aliphatic carbocycles. The fraction of sp³-hybridized carbons (Fsp3) is 0.100. The number of hydrogen-bond donors (Lipinski definition) is 1. The minimum absolute atomic E-state index is 0. The zero-order chi connectivity index (χ0) is 9.68. The number of nitrogens with zero attached hydrogens (tertiary/aromatic N) is 1. The Balaban J connectivity index is 0.00000169. The first-order chi connectivity index (χ1) is 6.20. The highest BCUT2D eigenvalue weighted by Gasteiger charge is 1.95. The molecule has 0 aromatic heterocycles. The largest absolute Gasteiger partial charge is 0.351 e. The quantitative estimate of drug-likeness (QED) is 0.802. The average molecular weight is 213 g/mol. The molecule has 76 valence electrons. The summed E-state index contributed by atoms with van der Waals surface area (Å²) in [6, 6.07) is 9.24. The first-order valence-electron chi connectivity index (χ1n) is 3.95. The van der Waals surface area contributed by atoms with Crippen molar-refractivity contribution in [2.24, 2.45) is 5.73 Å². The van der Waals surface area contributed by atoms with Crippen LogP contribution < -0.4 is 5.73 Å². The molecule has 0 heterocycles. The van der Waals surface area contributed by atoms with Gasteiger partial charge in [-0.25, -0.2) is 4.79 Å². The zero-order valence-electron chi connectivity index (χ0n) is 7.88. The minimum atomic E-state index is -0.466. The van der Waals surface area contributed by atoms with Crippen molar-refractivity contribution in [2.45, 2.75) is 0 Å². The molecular formula is C10H13ClN2O. The van der Waals surface area contributed by atoms with Gasteiger partial charge in [0, 0.05) is 13.2 Å². The zero-order valence-corrected chi connectivity index (χ0v) is 8.70. The van der Waals surface area contributed by atoms with Crippen molar-refractivity contribution in [1.82, 2.24) is 4.90 Å². The van der Waals surface area contributed by atoms with Crippen molar-refractivity contribution in [3.63, 3.8) is 0 Å². The maximum Gasteiger partial charge on any atom is 0.318 e. The van der Waals surface area contributed by atoms with Crippen LogP contribution in [0.3, 0.4) is 0 Å². The van der Waals surface area contributed by atoms with E-state index in [9.17, 15) is 4.79 Å². The third-order valence-electron chi connectivity index (χ3n) is 1.64. The normalized spacial score (nSPS) is 9.50. The van der Waals surface area contributed by atoms with Gasteiger partial charge in [-0.05, 0) is 11.6 Å². The van der Waals surface area contributed by atoms with Crippen molar-refractivity contribution in [1.29, 1.82) is 0 Å². The number of urea groups is 1. The van der Waals surface area contributed by atoms with Crippen LogP contribution in [0.1, 0.15) is 5.56 Å². The first kappa shape index (κ1) is 12.5. The van der Waals surface area contributed by atoms with Crippen molar-refractivity contribution >= 4 is 24.5 Å². The maximum absolute atomic E-state index is 10.6. The summed E-state index contributed by atoms with van der Waals surface area (Å²) in [5.41, 5.74) is 6.07. The molecule has 0 aliphatic heterocycles. The molecule has 0 fully saturated rings. The van der Waals surface area contributed by atoms with E-state index in [1.807, 2.05) is 36.4 Å². The summed E-state index contributed by atoms with van der Waals surface area (Å²) in [6.45, 7) is 0. The summed E-state index contributed by atoms with van der Waals surface area (Å²) in [5.74, 6) is 0. The summed E-state index contributed by atoms with van der Waals surface area (Å²) in [7, 11) is 1.61. The number of benzene rings is 1. The third kappa shape index (κ3) is 3.96. The Labute approximate surface area is 89.6 Å². The van der Waals surface area contributed by atoms with Crippen molar-refractivity contribution in [2.75, 3.05) is 7.05 Å². The van der Waals surface area contributed by atoms with Crippen molar-refractivity contribution in [3.8, 4) is 0 Å². The summed E-state index contributed by atoms with van der Waals surface area (Å²) in [5, 5.41) is 0. The van der Waals surface area contributed by atoms with Crippen LogP contribution in [0.15, 0.2) is 36.5 Å². The second-order valence-electron chi connectivity index (χ2n) is 2.68. The molecular weight excluding hydrogens is 200 g/mol. The average Bonchev–Trinajstić information content (AvgIpc) is 2.15. The van der Waals surface area contributed by atoms with E-state index < -0.39 is 6.03 Å². The first-order valence-corrected chi connectivity index (χ1v) is 3.95. The lowest BCUT2D eigenvalue weighted by molar-refractivity contribution is 0.231. The van der Waals surface area contributed by atoms with Gasteiger partial charge in [0.15, 0.2) is 0 Å². The number of carbonyl (C=O) groups is 1. The van der Waals surface area contributed by atoms with E-state index in [-0.39, 0.29) is 12.4 Å². The molecule has 4 heteroatoms. The molecule has 0 atom stereocenters. The highest BCUT2D eigenvalue weighted by Crippen LogP contribution is 2.01. The molecule has 1 rings (SSSR count). The number of rotatable bonds is 2. The third-order valence-corrected chi connectivity index (χ3v) is 1.64. The molecule has 0 unspecified atom stereocenters. The van der Waals surface area contributed by atoms with Gasteiger partial charge in [-0.1, -0.05) is 30.3 Å². The van der Waals surface area contributed by atoms with Gasteiger partial charge in [-0.3, -0.25) is 0 Å². The smallest absolute Gasteiger partial charge is 0.318 e. The lowest BCUT2D eigenvalue weighted by Crippen LogP contribution is -2.26. The van der Waals surface area contributed by atoms with E-state index in [0.29, 0.717) is 0 Å². The van der Waals surface area contributed by atoms with Crippen LogP contribution in [-0.2, 0) is 0 Å². The summed E-state index contributed by atoms with van der Waals surface area (Å²) in [4.78, 5) is 11.9. The van der Waals surface area contributed by atoms with Gasteiger partial charge in [0.05, 0.1) is 0 Å². The number of amides is 2.